The average molecular weight is 480 g/mol. The zero-order chi connectivity index (χ0) is 24.0. The second-order valence-corrected chi connectivity index (χ2v) is 9.88. The highest BCUT2D eigenvalue weighted by Gasteiger charge is 2.42. The summed E-state index contributed by atoms with van der Waals surface area (Å²) in [4.78, 5) is 35.5. The predicted octanol–water partition coefficient (Wildman–Crippen LogP) is 2.38. The van der Waals surface area contributed by atoms with Gasteiger partial charge >= 0.3 is 0 Å². The Morgan fingerprint density at radius 3 is 2.76 bits per heavy atom. The average Bonchev–Trinajstić information content (AvgIpc) is 2.75. The van der Waals surface area contributed by atoms with Crippen LogP contribution in [0.3, 0.4) is 0 Å². The molecule has 2 aliphatic rings. The fourth-order valence-corrected chi connectivity index (χ4v) is 4.55. The van der Waals surface area contributed by atoms with E-state index in [1.165, 1.54) is 25.3 Å². The lowest BCUT2D eigenvalue weighted by Crippen LogP contribution is -2.47. The Balaban J connectivity index is 1.72. The number of nitrogens with one attached hydrogen (secondary N) is 1. The van der Waals surface area contributed by atoms with Gasteiger partial charge < -0.3 is 10.2 Å². The van der Waals surface area contributed by atoms with E-state index in [0.29, 0.717) is 30.5 Å². The van der Waals surface area contributed by atoms with E-state index in [0.717, 1.165) is 6.07 Å². The number of halogens is 2. The molecule has 3 heterocycles. The number of rotatable bonds is 4. The number of amides is 1. The number of hydrogen-bond donors (Lipinski definition) is 2. The fraction of sp³-hybridized carbons (Fsp3) is 0.429. The Morgan fingerprint density at radius 2 is 2.06 bits per heavy atom. The van der Waals surface area contributed by atoms with Gasteiger partial charge in [0.05, 0.1) is 11.3 Å². The van der Waals surface area contributed by atoms with E-state index < -0.39 is 32.8 Å². The summed E-state index contributed by atoms with van der Waals surface area (Å²) in [6.45, 7) is 1.44. The first-order valence-corrected chi connectivity index (χ1v) is 12.0. The molecule has 3 N–H and O–H groups in total. The van der Waals surface area contributed by atoms with E-state index in [4.69, 9.17) is 5.14 Å². The van der Waals surface area contributed by atoms with Gasteiger partial charge in [-0.1, -0.05) is 6.92 Å². The van der Waals surface area contributed by atoms with Crippen molar-refractivity contribution < 1.29 is 26.8 Å². The molecule has 0 radical (unpaired) electrons. The van der Waals surface area contributed by atoms with Crippen LogP contribution >= 0.6 is 0 Å². The second-order valence-electron chi connectivity index (χ2n) is 8.37. The maximum absolute atomic E-state index is 14.1. The van der Waals surface area contributed by atoms with Crippen molar-refractivity contribution in [2.45, 2.75) is 43.6 Å². The number of Topliss-reactive ketones (excluding diaryl/α,β-unsaturated/α-hetero) is 1. The molecular weight excluding hydrogens is 456 g/mol. The smallest absolute Gasteiger partial charge is 0.259 e. The molecule has 1 unspecified atom stereocenters. The highest BCUT2D eigenvalue weighted by molar-refractivity contribution is 7.89. The van der Waals surface area contributed by atoms with E-state index >= 15 is 0 Å². The number of ketones is 1. The Kier molecular flexibility index (Phi) is 5.91. The third-order valence-electron chi connectivity index (χ3n) is 5.96. The molecule has 33 heavy (non-hydrogen) atoms. The summed E-state index contributed by atoms with van der Waals surface area (Å²) in [6.07, 6.45) is 2.32. The molecule has 1 amide bonds. The van der Waals surface area contributed by atoms with Gasteiger partial charge in [-0.05, 0) is 25.0 Å². The molecule has 0 saturated carbocycles. The molecule has 1 aliphatic heterocycles. The number of alkyl halides is 2. The number of nitrogens with two attached hydrogens (primary N) is 1. The van der Waals surface area contributed by atoms with Crippen LogP contribution in [0.1, 0.15) is 52.6 Å². The van der Waals surface area contributed by atoms with Crippen molar-refractivity contribution in [1.82, 2.24) is 9.97 Å². The summed E-state index contributed by atoms with van der Waals surface area (Å²) < 4.78 is 51.2. The van der Waals surface area contributed by atoms with Gasteiger partial charge in [-0.3, -0.25) is 9.59 Å². The number of pyridine rings is 2. The molecule has 1 saturated heterocycles. The molecule has 1 aliphatic carbocycles. The first-order chi connectivity index (χ1) is 15.5. The topological polar surface area (TPSA) is 135 Å². The minimum Gasteiger partial charge on any atom is -0.355 e. The number of carbonyl (C=O) groups is 2. The van der Waals surface area contributed by atoms with Crippen molar-refractivity contribution in [3.05, 3.63) is 41.2 Å². The van der Waals surface area contributed by atoms with Gasteiger partial charge in [-0.15, -0.1) is 0 Å². The Morgan fingerprint density at radius 1 is 1.30 bits per heavy atom. The van der Waals surface area contributed by atoms with Crippen LogP contribution in [0, 0.1) is 5.92 Å². The van der Waals surface area contributed by atoms with Crippen molar-refractivity contribution in [3.8, 4) is 0 Å². The van der Waals surface area contributed by atoms with E-state index in [1.807, 2.05) is 0 Å². The number of hydrogen-bond acceptors (Lipinski definition) is 7. The molecule has 4 rings (SSSR count). The van der Waals surface area contributed by atoms with Gasteiger partial charge in [0, 0.05) is 55.4 Å². The summed E-state index contributed by atoms with van der Waals surface area (Å²) in [5.41, 5.74) is 1.05. The molecule has 176 valence electrons. The van der Waals surface area contributed by atoms with Crippen molar-refractivity contribution in [1.29, 1.82) is 0 Å². The maximum Gasteiger partial charge on any atom is 0.259 e. The molecule has 0 aromatic carbocycles. The van der Waals surface area contributed by atoms with Gasteiger partial charge in [0.25, 0.3) is 21.9 Å². The molecular formula is C21H23F2N5O4S. The number of piperidine rings is 1. The zero-order valence-corrected chi connectivity index (χ0v) is 18.7. The summed E-state index contributed by atoms with van der Waals surface area (Å²) in [5.74, 6) is -4.33. The van der Waals surface area contributed by atoms with Crippen LogP contribution in [0.4, 0.5) is 20.3 Å². The lowest BCUT2D eigenvalue weighted by Gasteiger charge is -2.38. The summed E-state index contributed by atoms with van der Waals surface area (Å²) in [7, 11) is -4.09. The fourth-order valence-electron chi connectivity index (χ4n) is 4.05. The van der Waals surface area contributed by atoms with Crippen LogP contribution in [0.25, 0.3) is 0 Å². The highest BCUT2D eigenvalue weighted by atomic mass is 32.2. The second kappa shape index (κ2) is 8.41. The molecule has 0 spiro atoms. The largest absolute Gasteiger partial charge is 0.355 e. The number of aryl methyl sites for hydroxylation is 1. The number of carbonyl (C=O) groups excluding carboxylic acids is 2. The first-order valence-electron chi connectivity index (χ1n) is 10.5. The lowest BCUT2D eigenvalue weighted by atomic mass is 9.92. The van der Waals surface area contributed by atoms with Crippen LogP contribution in [-0.4, -0.2) is 49.1 Å². The molecule has 2 aromatic heterocycles. The van der Waals surface area contributed by atoms with Crippen molar-refractivity contribution in [2.75, 3.05) is 23.3 Å². The highest BCUT2D eigenvalue weighted by Crippen LogP contribution is 2.36. The lowest BCUT2D eigenvalue weighted by molar-refractivity contribution is -0.0652. The standard InChI is InChI=1S/C21H23F2N5O4S/c1-12-11-28(8-6-21(12,22)23)19-15(10-14-16(27-19)3-2-4-17(14)29)20(30)26-13-5-7-25-18(9-13)33(24,31)32/h5,7,9-10,12H,2-4,6,8,11H2,1H3,(H2,24,31,32)(H,25,26,30). The number of primary sulfonamides is 1. The number of aromatic nitrogens is 2. The third kappa shape index (κ3) is 4.71. The molecule has 1 atom stereocenters. The number of nitrogens with zero attached hydrogens (tertiary/aromatic N) is 3. The van der Waals surface area contributed by atoms with Crippen molar-refractivity contribution >= 4 is 33.2 Å². The zero-order valence-electron chi connectivity index (χ0n) is 17.8. The quantitative estimate of drug-likeness (QED) is 0.687. The van der Waals surface area contributed by atoms with E-state index in [1.54, 1.807) is 4.90 Å². The van der Waals surface area contributed by atoms with Gasteiger partial charge in [0.1, 0.15) is 5.82 Å². The molecule has 1 fully saturated rings. The first kappa shape index (κ1) is 23.2. The molecule has 9 nitrogen and oxygen atoms in total. The van der Waals surface area contributed by atoms with Gasteiger partial charge in [0.2, 0.25) is 0 Å². The third-order valence-corrected chi connectivity index (χ3v) is 6.76. The van der Waals surface area contributed by atoms with Crippen LogP contribution in [-0.2, 0) is 16.4 Å². The Bertz CT molecular complexity index is 1240. The molecule has 2 aromatic rings. The van der Waals surface area contributed by atoms with E-state index in [2.05, 4.69) is 15.3 Å². The monoisotopic (exact) mass is 479 g/mol. The molecule has 0 bridgehead atoms. The van der Waals surface area contributed by atoms with Crippen LogP contribution < -0.4 is 15.4 Å². The van der Waals surface area contributed by atoms with Crippen molar-refractivity contribution in [2.24, 2.45) is 11.1 Å². The van der Waals surface area contributed by atoms with Crippen LogP contribution in [0.15, 0.2) is 29.4 Å². The maximum atomic E-state index is 14.1. The van der Waals surface area contributed by atoms with E-state index in [9.17, 15) is 26.8 Å². The van der Waals surface area contributed by atoms with Gasteiger partial charge in [-0.25, -0.2) is 32.3 Å². The summed E-state index contributed by atoms with van der Waals surface area (Å²) >= 11 is 0. The predicted molar refractivity (Wildman–Crippen MR) is 116 cm³/mol. The Labute approximate surface area is 189 Å². The minimum atomic E-state index is -4.09. The minimum absolute atomic E-state index is 0.00215. The SMILES string of the molecule is CC1CN(c2nc3c(cc2C(=O)Nc2ccnc(S(N)(=O)=O)c2)C(=O)CCC3)CCC1(F)F. The Hall–Kier alpha value is -2.99. The van der Waals surface area contributed by atoms with Crippen molar-refractivity contribution in [3.63, 3.8) is 0 Å². The van der Waals surface area contributed by atoms with E-state index in [-0.39, 0.29) is 42.4 Å². The number of anilines is 2. The summed E-state index contributed by atoms with van der Waals surface area (Å²) in [6, 6.07) is 3.94. The molecule has 12 heteroatoms. The van der Waals surface area contributed by atoms with Gasteiger partial charge in [-0.2, -0.15) is 0 Å². The number of fused-ring (bicyclic) bond motifs is 1. The van der Waals surface area contributed by atoms with Crippen LogP contribution in [0.5, 0.6) is 0 Å². The number of sulfonamides is 1. The van der Waals surface area contributed by atoms with Gasteiger partial charge in [0.15, 0.2) is 10.8 Å². The normalized spacial score (nSPS) is 20.3. The summed E-state index contributed by atoms with van der Waals surface area (Å²) in [5, 5.41) is 7.25. The van der Waals surface area contributed by atoms with Crippen LogP contribution in [0.2, 0.25) is 0 Å².